The minimum absolute atomic E-state index is 0.744. The van der Waals surface area contributed by atoms with E-state index in [2.05, 4.69) is 148 Å². The monoisotopic (exact) mass is 602 g/mol. The fourth-order valence-electron chi connectivity index (χ4n) is 5.46. The van der Waals surface area contributed by atoms with E-state index < -0.39 is 26.3 Å². The molecule has 0 aliphatic carbocycles. The summed E-state index contributed by atoms with van der Waals surface area (Å²) >= 11 is -2.53. The van der Waals surface area contributed by atoms with Crippen molar-refractivity contribution >= 4 is 67.3 Å². The van der Waals surface area contributed by atoms with E-state index in [0.717, 1.165) is 0 Å². The Balaban J connectivity index is 1.80. The third-order valence-corrected chi connectivity index (χ3v) is 15.4. The molecule has 2 heteroatoms. The van der Waals surface area contributed by atoms with E-state index in [4.69, 9.17) is 0 Å². The molecule has 0 saturated carbocycles. The number of hydrogen-bond donors (Lipinski definition) is 0. The molecule has 6 rings (SSSR count). The summed E-state index contributed by atoms with van der Waals surface area (Å²) in [6, 6.07) is 49.7. The van der Waals surface area contributed by atoms with Gasteiger partial charge in [-0.1, -0.05) is 0 Å². The average Bonchev–Trinajstić information content (AvgIpc) is 2.93. The van der Waals surface area contributed by atoms with Gasteiger partial charge in [0.1, 0.15) is 0 Å². The van der Waals surface area contributed by atoms with Crippen molar-refractivity contribution < 1.29 is 0 Å². The van der Waals surface area contributed by atoms with Gasteiger partial charge in [0.25, 0.3) is 0 Å². The Labute approximate surface area is 225 Å². The number of rotatable bonds is 5. The number of benzene rings is 6. The first kappa shape index (κ1) is 24.4. The second kappa shape index (κ2) is 10.1. The van der Waals surface area contributed by atoms with E-state index in [1.54, 1.807) is 3.58 Å². The molecular weight excluding hydrogens is 570 g/mol. The van der Waals surface area contributed by atoms with Crippen LogP contribution in [0, 0.1) is 0 Å². The predicted octanol–water partition coefficient (Wildman–Crippen LogP) is 7.96. The van der Waals surface area contributed by atoms with Gasteiger partial charge in [-0.15, -0.1) is 0 Å². The molecule has 0 heterocycles. The van der Waals surface area contributed by atoms with Crippen LogP contribution in [0.25, 0.3) is 32.7 Å². The van der Waals surface area contributed by atoms with E-state index in [-0.39, 0.29) is 0 Å². The molecule has 0 radical (unpaired) electrons. The molecule has 0 bridgehead atoms. The number of fused-ring (bicyclic) bond motifs is 2. The van der Waals surface area contributed by atoms with Gasteiger partial charge in [0.15, 0.2) is 0 Å². The summed E-state index contributed by atoms with van der Waals surface area (Å²) in [7, 11) is -0.744. The zero-order valence-electron chi connectivity index (χ0n) is 21.6. The van der Waals surface area contributed by atoms with Crippen LogP contribution < -0.4 is 19.5 Å². The molecule has 0 aliphatic rings. The van der Waals surface area contributed by atoms with Crippen LogP contribution in [0.5, 0.6) is 0 Å². The van der Waals surface area contributed by atoms with Crippen LogP contribution >= 0.6 is 7.92 Å². The summed E-state index contributed by atoms with van der Waals surface area (Å²) in [5.74, 6) is 0. The van der Waals surface area contributed by atoms with Crippen LogP contribution in [0.1, 0.15) is 0 Å². The summed E-state index contributed by atoms with van der Waals surface area (Å²) in [6.45, 7) is 0. The van der Waals surface area contributed by atoms with Crippen LogP contribution in [0.4, 0.5) is 0 Å². The van der Waals surface area contributed by atoms with Crippen LogP contribution in [-0.4, -0.2) is 18.4 Å². The molecule has 0 fully saturated rings. The minimum atomic E-state index is -2.53. The van der Waals surface area contributed by atoms with E-state index in [1.807, 2.05) is 0 Å². The van der Waals surface area contributed by atoms with Crippen molar-refractivity contribution in [3.63, 3.8) is 0 Å². The molecule has 0 aromatic heterocycles. The van der Waals surface area contributed by atoms with Crippen LogP contribution in [0.2, 0.25) is 14.8 Å². The van der Waals surface area contributed by atoms with Gasteiger partial charge in [-0.25, -0.2) is 0 Å². The average molecular weight is 601 g/mol. The molecule has 180 valence electrons. The van der Waals surface area contributed by atoms with Gasteiger partial charge in [0, 0.05) is 0 Å². The van der Waals surface area contributed by atoms with Crippen molar-refractivity contribution in [2.45, 2.75) is 14.8 Å². The van der Waals surface area contributed by atoms with E-state index in [0.29, 0.717) is 0 Å². The Morgan fingerprint density at radius 1 is 0.432 bits per heavy atom. The molecule has 0 N–H and O–H groups in total. The fraction of sp³-hybridized carbons (Fsp3) is 0.0857. The van der Waals surface area contributed by atoms with Gasteiger partial charge >= 0.3 is 227 Å². The molecular formula is C35H31PSn. The van der Waals surface area contributed by atoms with Crippen molar-refractivity contribution in [1.29, 1.82) is 0 Å². The molecule has 0 unspecified atom stereocenters. The Morgan fingerprint density at radius 3 is 1.43 bits per heavy atom. The van der Waals surface area contributed by atoms with Crippen molar-refractivity contribution in [1.82, 2.24) is 0 Å². The summed E-state index contributed by atoms with van der Waals surface area (Å²) in [4.78, 5) is 7.64. The zero-order valence-corrected chi connectivity index (χ0v) is 25.4. The van der Waals surface area contributed by atoms with Gasteiger partial charge in [-0.3, -0.25) is 0 Å². The molecule has 0 aliphatic heterocycles. The molecule has 0 amide bonds. The summed E-state index contributed by atoms with van der Waals surface area (Å²) < 4.78 is 1.60. The maximum absolute atomic E-state index is 2.55. The zero-order chi connectivity index (χ0) is 25.4. The normalized spacial score (nSPS) is 11.9. The summed E-state index contributed by atoms with van der Waals surface area (Å²) in [5.41, 5.74) is 2.89. The van der Waals surface area contributed by atoms with E-state index >= 15 is 0 Å². The first-order chi connectivity index (χ1) is 18.0. The van der Waals surface area contributed by atoms with Gasteiger partial charge in [-0.2, -0.15) is 0 Å². The Morgan fingerprint density at radius 2 is 0.892 bits per heavy atom. The quantitative estimate of drug-likeness (QED) is 0.139. The SMILES string of the molecule is [CH3][Sn]([CH3])([CH3])[c]1ccc2ccccc2c1-c1c(P(c2ccccc2)c2ccccc2)ccc2ccccc12. The Bertz CT molecular complexity index is 1660. The maximum atomic E-state index is 2.55. The van der Waals surface area contributed by atoms with Crippen molar-refractivity contribution in [3.05, 3.63) is 133 Å². The van der Waals surface area contributed by atoms with Gasteiger partial charge in [0.05, 0.1) is 0 Å². The van der Waals surface area contributed by atoms with Gasteiger partial charge < -0.3 is 0 Å². The molecule has 6 aromatic carbocycles. The standard InChI is InChI=1S/C32H22P.3CH3.Sn/c1-3-15-26(16-4-1)33(27-17-5-2-6-18-27)31-23-22-25-13-8-10-20-29(25)32(31)30-21-11-14-24-12-7-9-19-28(24)30;;;;/h1-20,22-23H;3*1H3;. The van der Waals surface area contributed by atoms with Crippen molar-refractivity contribution in [2.75, 3.05) is 0 Å². The fourth-order valence-corrected chi connectivity index (χ4v) is 12.5. The Kier molecular flexibility index (Phi) is 6.65. The Hall–Kier alpha value is -2.93. The predicted molar refractivity (Wildman–Crippen MR) is 169 cm³/mol. The van der Waals surface area contributed by atoms with Crippen LogP contribution in [0.3, 0.4) is 0 Å². The first-order valence-corrected chi connectivity index (χ1v) is 24.3. The molecule has 0 saturated heterocycles. The molecule has 37 heavy (non-hydrogen) atoms. The van der Waals surface area contributed by atoms with E-state index in [9.17, 15) is 0 Å². The molecule has 0 spiro atoms. The molecule has 0 nitrogen and oxygen atoms in total. The second-order valence-electron chi connectivity index (χ2n) is 10.6. The third kappa shape index (κ3) is 4.63. The van der Waals surface area contributed by atoms with E-state index in [1.165, 1.54) is 48.6 Å². The summed E-state index contributed by atoms with van der Waals surface area (Å²) in [5, 5.41) is 9.58. The summed E-state index contributed by atoms with van der Waals surface area (Å²) in [6.07, 6.45) is 0. The third-order valence-electron chi connectivity index (χ3n) is 7.16. The first-order valence-electron chi connectivity index (χ1n) is 13.0. The van der Waals surface area contributed by atoms with Crippen molar-refractivity contribution in [3.8, 4) is 11.1 Å². The second-order valence-corrected chi connectivity index (χ2v) is 27.2. The van der Waals surface area contributed by atoms with Crippen molar-refractivity contribution in [2.24, 2.45) is 0 Å². The molecule has 6 aromatic rings. The van der Waals surface area contributed by atoms with Crippen LogP contribution in [0.15, 0.2) is 133 Å². The number of hydrogen-bond acceptors (Lipinski definition) is 0. The topological polar surface area (TPSA) is 0 Å². The van der Waals surface area contributed by atoms with Crippen LogP contribution in [-0.2, 0) is 0 Å². The van der Waals surface area contributed by atoms with Gasteiger partial charge in [0.2, 0.25) is 0 Å². The molecule has 0 atom stereocenters. The van der Waals surface area contributed by atoms with Gasteiger partial charge in [-0.05, 0) is 0 Å².